The summed E-state index contributed by atoms with van der Waals surface area (Å²) in [4.78, 5) is 6.73. The van der Waals surface area contributed by atoms with Gasteiger partial charge in [0.1, 0.15) is 0 Å². The van der Waals surface area contributed by atoms with Crippen LogP contribution in [0, 0.1) is 11.3 Å². The Hall–Kier alpha value is -2.60. The van der Waals surface area contributed by atoms with Crippen molar-refractivity contribution in [2.75, 3.05) is 5.32 Å². The Kier molecular flexibility index (Phi) is 4.50. The quantitative estimate of drug-likeness (QED) is 0.575. The van der Waals surface area contributed by atoms with E-state index in [-0.39, 0.29) is 14.5 Å². The molecule has 0 unspecified atom stereocenters. The van der Waals surface area contributed by atoms with Crippen LogP contribution in [-0.4, -0.2) is 19.5 Å². The van der Waals surface area contributed by atoms with Gasteiger partial charge in [0.15, 0.2) is 0 Å². The summed E-state index contributed by atoms with van der Waals surface area (Å²) in [5.74, 6) is 0. The zero-order valence-corrected chi connectivity index (χ0v) is 13.4. The van der Waals surface area contributed by atoms with E-state index in [0.717, 1.165) is 21.5 Å². The monoisotopic (exact) mass is 351 g/mol. The van der Waals surface area contributed by atoms with E-state index in [4.69, 9.17) is 0 Å². The number of benzene rings is 2. The van der Waals surface area contributed by atoms with E-state index in [2.05, 4.69) is 21.3 Å². The van der Waals surface area contributed by atoms with Crippen LogP contribution >= 0.6 is 0 Å². The molecular weight excluding hydrogens is 337 g/mol. The molecule has 0 bridgehead atoms. The van der Waals surface area contributed by atoms with Crippen molar-refractivity contribution in [3.8, 4) is 17.3 Å². The van der Waals surface area contributed by atoms with E-state index >= 15 is 0 Å². The molecule has 4 heteroatoms. The fourth-order valence-corrected chi connectivity index (χ4v) is 3.64. The van der Waals surface area contributed by atoms with Crippen LogP contribution in [-0.2, 0) is 0 Å². The van der Waals surface area contributed by atoms with Crippen molar-refractivity contribution < 1.29 is 0 Å². The van der Waals surface area contributed by atoms with Crippen LogP contribution in [0.5, 0.6) is 0 Å². The molecule has 3 nitrogen and oxygen atoms in total. The van der Waals surface area contributed by atoms with Crippen LogP contribution < -0.4 is 5.32 Å². The van der Waals surface area contributed by atoms with Gasteiger partial charge in [-0.1, -0.05) is 0 Å². The molecule has 0 saturated carbocycles. The van der Waals surface area contributed by atoms with Gasteiger partial charge in [-0.25, -0.2) is 0 Å². The van der Waals surface area contributed by atoms with Crippen molar-refractivity contribution in [1.29, 1.82) is 5.26 Å². The second kappa shape index (κ2) is 6.91. The number of nitriles is 1. The van der Waals surface area contributed by atoms with Gasteiger partial charge in [-0.15, -0.1) is 0 Å². The standard InChI is InChI=1S/C18H13N3Se/c19-11-15(12-20-16-9-5-2-6-10-16)18-21-17(13-22-18)14-7-3-1-4-8-14/h1-10,12-13,20H/b15-12-. The molecule has 22 heavy (non-hydrogen) atoms. The van der Waals surface area contributed by atoms with Gasteiger partial charge in [-0.2, -0.15) is 0 Å². The number of aromatic nitrogens is 1. The molecule has 3 rings (SSSR count). The molecule has 3 aromatic rings. The van der Waals surface area contributed by atoms with Gasteiger partial charge in [0, 0.05) is 0 Å². The number of allylic oxidation sites excluding steroid dienone is 1. The third-order valence-corrected chi connectivity index (χ3v) is 4.92. The maximum atomic E-state index is 9.37. The van der Waals surface area contributed by atoms with Crippen molar-refractivity contribution in [3.63, 3.8) is 0 Å². The number of hydrogen-bond acceptors (Lipinski definition) is 3. The van der Waals surface area contributed by atoms with Crippen molar-refractivity contribution in [2.45, 2.75) is 0 Å². The molecule has 0 saturated heterocycles. The van der Waals surface area contributed by atoms with Crippen molar-refractivity contribution in [3.05, 3.63) is 76.4 Å². The van der Waals surface area contributed by atoms with E-state index in [1.54, 1.807) is 6.20 Å². The van der Waals surface area contributed by atoms with Crippen LogP contribution in [0.2, 0.25) is 0 Å². The van der Waals surface area contributed by atoms with Gasteiger partial charge >= 0.3 is 135 Å². The average Bonchev–Trinajstić information content (AvgIpc) is 3.07. The first kappa shape index (κ1) is 14.3. The third kappa shape index (κ3) is 3.35. The normalized spacial score (nSPS) is 11.0. The van der Waals surface area contributed by atoms with Crippen LogP contribution in [0.15, 0.2) is 71.8 Å². The fraction of sp³-hybridized carbons (Fsp3) is 0. The molecule has 0 aliphatic carbocycles. The molecular formula is C18H13N3Se. The van der Waals surface area contributed by atoms with Gasteiger partial charge in [0.25, 0.3) is 0 Å². The predicted molar refractivity (Wildman–Crippen MR) is 90.3 cm³/mol. The second-order valence-electron chi connectivity index (χ2n) is 4.58. The zero-order chi connectivity index (χ0) is 15.2. The summed E-state index contributed by atoms with van der Waals surface area (Å²) in [6.07, 6.45) is 1.73. The molecule has 0 radical (unpaired) electrons. The zero-order valence-electron chi connectivity index (χ0n) is 11.7. The Bertz CT molecular complexity index is 814. The van der Waals surface area contributed by atoms with Crippen LogP contribution in [0.4, 0.5) is 5.69 Å². The first-order valence-corrected chi connectivity index (χ1v) is 8.64. The van der Waals surface area contributed by atoms with Gasteiger partial charge in [0.05, 0.1) is 0 Å². The molecule has 0 aliphatic heterocycles. The van der Waals surface area contributed by atoms with Gasteiger partial charge < -0.3 is 0 Å². The molecule has 0 fully saturated rings. The van der Waals surface area contributed by atoms with E-state index in [1.165, 1.54) is 0 Å². The van der Waals surface area contributed by atoms with E-state index < -0.39 is 0 Å². The first-order chi connectivity index (χ1) is 10.9. The van der Waals surface area contributed by atoms with Gasteiger partial charge in [-0.05, 0) is 0 Å². The first-order valence-electron chi connectivity index (χ1n) is 6.80. The maximum absolute atomic E-state index is 9.37. The molecule has 0 amide bonds. The summed E-state index contributed by atoms with van der Waals surface area (Å²) in [5, 5.41) is 12.5. The molecule has 1 N–H and O–H groups in total. The van der Waals surface area contributed by atoms with E-state index in [9.17, 15) is 5.26 Å². The van der Waals surface area contributed by atoms with Crippen molar-refractivity contribution >= 4 is 25.8 Å². The minimum atomic E-state index is 0.0884. The summed E-state index contributed by atoms with van der Waals surface area (Å²) < 4.78 is 0.859. The summed E-state index contributed by atoms with van der Waals surface area (Å²) in [6.45, 7) is 0. The van der Waals surface area contributed by atoms with Crippen LogP contribution in [0.25, 0.3) is 16.8 Å². The number of hydrogen-bond donors (Lipinski definition) is 1. The minimum absolute atomic E-state index is 0.0884. The molecule has 106 valence electrons. The Morgan fingerprint density at radius 2 is 1.73 bits per heavy atom. The third-order valence-electron chi connectivity index (χ3n) is 3.08. The topological polar surface area (TPSA) is 48.7 Å². The van der Waals surface area contributed by atoms with Crippen molar-refractivity contribution in [2.24, 2.45) is 0 Å². The number of rotatable bonds is 4. The molecule has 0 spiro atoms. The van der Waals surface area contributed by atoms with Crippen LogP contribution in [0.1, 0.15) is 4.57 Å². The Labute approximate surface area is 135 Å². The summed E-state index contributed by atoms with van der Waals surface area (Å²) in [5.41, 5.74) is 3.59. The molecule has 0 aliphatic rings. The average molecular weight is 350 g/mol. The molecule has 0 atom stereocenters. The number of anilines is 1. The number of para-hydroxylation sites is 1. The van der Waals surface area contributed by atoms with Crippen molar-refractivity contribution in [1.82, 2.24) is 4.98 Å². The Morgan fingerprint density at radius 3 is 2.41 bits per heavy atom. The molecule has 1 aromatic heterocycles. The number of nitrogens with one attached hydrogen (secondary N) is 1. The van der Waals surface area contributed by atoms with Gasteiger partial charge in [0.2, 0.25) is 0 Å². The summed E-state index contributed by atoms with van der Waals surface area (Å²) in [7, 11) is 0. The summed E-state index contributed by atoms with van der Waals surface area (Å²) in [6, 6.07) is 22.1. The second-order valence-corrected chi connectivity index (χ2v) is 6.38. The SMILES string of the molecule is N#C/C(=C/Nc1ccccc1)c1nc(-c2ccccc2)c[se]1. The van der Waals surface area contributed by atoms with E-state index in [1.807, 2.05) is 60.7 Å². The van der Waals surface area contributed by atoms with Gasteiger partial charge in [-0.3, -0.25) is 0 Å². The number of nitrogens with zero attached hydrogens (tertiary/aromatic N) is 2. The van der Waals surface area contributed by atoms with Crippen LogP contribution in [0.3, 0.4) is 0 Å². The van der Waals surface area contributed by atoms with E-state index in [0.29, 0.717) is 5.57 Å². The Balaban J connectivity index is 1.83. The molecule has 1 heterocycles. The summed E-state index contributed by atoms with van der Waals surface area (Å²) >= 11 is 0.0884. The molecule has 2 aromatic carbocycles. The fourth-order valence-electron chi connectivity index (χ4n) is 1.97. The predicted octanol–water partition coefficient (Wildman–Crippen LogP) is 3.78. The Morgan fingerprint density at radius 1 is 1.05 bits per heavy atom.